The monoisotopic (exact) mass is 248 g/mol. The first-order valence-corrected chi connectivity index (χ1v) is 6.34. The molecule has 1 aromatic rings. The molecule has 2 rings (SSSR count). The van der Waals surface area contributed by atoms with Crippen LogP contribution >= 0.6 is 0 Å². The Labute approximate surface area is 108 Å². The number of hydrogen-bond acceptors (Lipinski definition) is 3. The molecule has 1 unspecified atom stereocenters. The van der Waals surface area contributed by atoms with Crippen molar-refractivity contribution in [2.24, 2.45) is 5.92 Å². The summed E-state index contributed by atoms with van der Waals surface area (Å²) in [7, 11) is 1.66. The summed E-state index contributed by atoms with van der Waals surface area (Å²) in [4.78, 5) is 11.2. The summed E-state index contributed by atoms with van der Waals surface area (Å²) in [6.07, 6.45) is 2.16. The average Bonchev–Trinajstić information content (AvgIpc) is 2.83. The molecule has 0 saturated carbocycles. The van der Waals surface area contributed by atoms with E-state index >= 15 is 0 Å². The molecular formula is C14H20N2O2. The van der Waals surface area contributed by atoms with Gasteiger partial charge in [0.25, 0.3) is 0 Å². The fourth-order valence-electron chi connectivity index (χ4n) is 2.38. The van der Waals surface area contributed by atoms with Crippen molar-refractivity contribution in [2.45, 2.75) is 19.8 Å². The first-order chi connectivity index (χ1) is 8.69. The Morgan fingerprint density at radius 1 is 1.56 bits per heavy atom. The van der Waals surface area contributed by atoms with Gasteiger partial charge in [-0.1, -0.05) is 0 Å². The van der Waals surface area contributed by atoms with Crippen molar-refractivity contribution < 1.29 is 9.53 Å². The van der Waals surface area contributed by atoms with Crippen LogP contribution in [-0.2, 0) is 11.2 Å². The van der Waals surface area contributed by atoms with Crippen molar-refractivity contribution in [1.29, 1.82) is 0 Å². The number of nitrogens with one attached hydrogen (secondary N) is 2. The van der Waals surface area contributed by atoms with Crippen molar-refractivity contribution in [3.8, 4) is 5.75 Å². The number of hydrogen-bond donors (Lipinski definition) is 2. The van der Waals surface area contributed by atoms with Gasteiger partial charge in [0.2, 0.25) is 5.91 Å². The standard InChI is InChI=1S/C14H20N2O2/c1-10(17)16-14-4-3-13(18-2)8-12(14)7-11-5-6-15-9-11/h3-4,8,11,15H,5-7,9H2,1-2H3,(H,16,17). The lowest BCUT2D eigenvalue weighted by molar-refractivity contribution is -0.114. The van der Waals surface area contributed by atoms with Crippen LogP contribution in [0, 0.1) is 5.92 Å². The number of amides is 1. The Bertz CT molecular complexity index is 426. The van der Waals surface area contributed by atoms with E-state index in [1.165, 1.54) is 13.3 Å². The minimum Gasteiger partial charge on any atom is -0.497 e. The maximum Gasteiger partial charge on any atom is 0.221 e. The second kappa shape index (κ2) is 5.87. The van der Waals surface area contributed by atoms with Gasteiger partial charge in [0.15, 0.2) is 0 Å². The molecule has 0 spiro atoms. The van der Waals surface area contributed by atoms with Gasteiger partial charge in [0.05, 0.1) is 7.11 Å². The fraction of sp³-hybridized carbons (Fsp3) is 0.500. The van der Waals surface area contributed by atoms with Crippen LogP contribution in [-0.4, -0.2) is 26.1 Å². The lowest BCUT2D eigenvalue weighted by atomic mass is 9.97. The highest BCUT2D eigenvalue weighted by Crippen LogP contribution is 2.26. The van der Waals surface area contributed by atoms with Gasteiger partial charge in [-0.3, -0.25) is 4.79 Å². The molecule has 1 heterocycles. The largest absolute Gasteiger partial charge is 0.497 e. The van der Waals surface area contributed by atoms with Gasteiger partial charge in [-0.25, -0.2) is 0 Å². The third-order valence-corrected chi connectivity index (χ3v) is 3.29. The molecule has 1 saturated heterocycles. The van der Waals surface area contributed by atoms with Gasteiger partial charge in [0.1, 0.15) is 5.75 Å². The molecule has 98 valence electrons. The Balaban J connectivity index is 2.19. The highest BCUT2D eigenvalue weighted by molar-refractivity contribution is 5.89. The molecule has 1 atom stereocenters. The summed E-state index contributed by atoms with van der Waals surface area (Å²) < 4.78 is 5.25. The molecule has 2 N–H and O–H groups in total. The molecule has 0 aromatic heterocycles. The van der Waals surface area contributed by atoms with Crippen LogP contribution < -0.4 is 15.4 Å². The van der Waals surface area contributed by atoms with Crippen LogP contribution in [0.2, 0.25) is 0 Å². The average molecular weight is 248 g/mol. The first kappa shape index (κ1) is 12.9. The third kappa shape index (κ3) is 3.23. The molecule has 4 heteroatoms. The van der Waals surface area contributed by atoms with E-state index in [0.29, 0.717) is 5.92 Å². The summed E-state index contributed by atoms with van der Waals surface area (Å²) in [5.74, 6) is 1.45. The molecule has 4 nitrogen and oxygen atoms in total. The lowest BCUT2D eigenvalue weighted by Crippen LogP contribution is -2.13. The summed E-state index contributed by atoms with van der Waals surface area (Å²) in [5.41, 5.74) is 2.05. The van der Waals surface area contributed by atoms with Gasteiger partial charge in [-0.2, -0.15) is 0 Å². The summed E-state index contributed by atoms with van der Waals surface area (Å²) in [6, 6.07) is 5.81. The molecule has 1 aliphatic rings. The highest BCUT2D eigenvalue weighted by atomic mass is 16.5. The highest BCUT2D eigenvalue weighted by Gasteiger charge is 2.17. The topological polar surface area (TPSA) is 50.4 Å². The number of methoxy groups -OCH3 is 1. The normalized spacial score (nSPS) is 18.7. The van der Waals surface area contributed by atoms with Gasteiger partial charge in [-0.15, -0.1) is 0 Å². The van der Waals surface area contributed by atoms with Crippen LogP contribution in [0.15, 0.2) is 18.2 Å². The summed E-state index contributed by atoms with van der Waals surface area (Å²) >= 11 is 0. The maximum absolute atomic E-state index is 11.2. The van der Waals surface area contributed by atoms with E-state index in [-0.39, 0.29) is 5.91 Å². The molecule has 0 bridgehead atoms. The van der Waals surface area contributed by atoms with Crippen molar-refractivity contribution in [1.82, 2.24) is 5.32 Å². The molecular weight excluding hydrogens is 228 g/mol. The van der Waals surface area contributed by atoms with Crippen LogP contribution in [0.3, 0.4) is 0 Å². The second-order valence-electron chi connectivity index (χ2n) is 4.77. The van der Waals surface area contributed by atoms with Crippen molar-refractivity contribution in [3.63, 3.8) is 0 Å². The minimum absolute atomic E-state index is 0.0361. The minimum atomic E-state index is -0.0361. The quantitative estimate of drug-likeness (QED) is 0.854. The van der Waals surface area contributed by atoms with Crippen LogP contribution in [0.5, 0.6) is 5.75 Å². The van der Waals surface area contributed by atoms with Crippen molar-refractivity contribution in [2.75, 3.05) is 25.5 Å². The van der Waals surface area contributed by atoms with Gasteiger partial charge in [0, 0.05) is 12.6 Å². The Hall–Kier alpha value is -1.55. The first-order valence-electron chi connectivity index (χ1n) is 6.34. The van der Waals surface area contributed by atoms with E-state index in [9.17, 15) is 4.79 Å². The van der Waals surface area contributed by atoms with Crippen LogP contribution in [0.1, 0.15) is 18.9 Å². The van der Waals surface area contributed by atoms with E-state index in [2.05, 4.69) is 10.6 Å². The number of anilines is 1. The van der Waals surface area contributed by atoms with E-state index in [0.717, 1.165) is 36.5 Å². The zero-order chi connectivity index (χ0) is 13.0. The van der Waals surface area contributed by atoms with Gasteiger partial charge in [-0.05, 0) is 55.6 Å². The number of ether oxygens (including phenoxy) is 1. The SMILES string of the molecule is COc1ccc(NC(C)=O)c(CC2CCNC2)c1. The molecule has 1 fully saturated rings. The van der Waals surface area contributed by atoms with Crippen LogP contribution in [0.25, 0.3) is 0 Å². The molecule has 1 aromatic carbocycles. The molecule has 0 aliphatic carbocycles. The predicted molar refractivity (Wildman–Crippen MR) is 72.0 cm³/mol. The second-order valence-corrected chi connectivity index (χ2v) is 4.77. The zero-order valence-corrected chi connectivity index (χ0v) is 11.0. The fourth-order valence-corrected chi connectivity index (χ4v) is 2.38. The van der Waals surface area contributed by atoms with E-state index in [1.807, 2.05) is 18.2 Å². The Kier molecular flexibility index (Phi) is 4.20. The molecule has 1 aliphatic heterocycles. The Morgan fingerprint density at radius 2 is 2.39 bits per heavy atom. The number of benzene rings is 1. The van der Waals surface area contributed by atoms with Crippen molar-refractivity contribution in [3.05, 3.63) is 23.8 Å². The van der Waals surface area contributed by atoms with Crippen molar-refractivity contribution >= 4 is 11.6 Å². The van der Waals surface area contributed by atoms with Gasteiger partial charge < -0.3 is 15.4 Å². The summed E-state index contributed by atoms with van der Waals surface area (Å²) in [5, 5.41) is 6.25. The van der Waals surface area contributed by atoms with Crippen LogP contribution in [0.4, 0.5) is 5.69 Å². The zero-order valence-electron chi connectivity index (χ0n) is 11.0. The number of carbonyl (C=O) groups excluding carboxylic acids is 1. The van der Waals surface area contributed by atoms with Gasteiger partial charge >= 0.3 is 0 Å². The smallest absolute Gasteiger partial charge is 0.221 e. The van der Waals surface area contributed by atoms with E-state index in [1.54, 1.807) is 7.11 Å². The third-order valence-electron chi connectivity index (χ3n) is 3.29. The Morgan fingerprint density at radius 3 is 3.00 bits per heavy atom. The number of carbonyl (C=O) groups is 1. The van der Waals surface area contributed by atoms with E-state index < -0.39 is 0 Å². The molecule has 1 amide bonds. The maximum atomic E-state index is 11.2. The summed E-state index contributed by atoms with van der Waals surface area (Å²) in [6.45, 7) is 3.67. The number of rotatable bonds is 4. The lowest BCUT2D eigenvalue weighted by Gasteiger charge is -2.14. The molecule has 18 heavy (non-hydrogen) atoms. The predicted octanol–water partition coefficient (Wildman–Crippen LogP) is 1.81. The molecule has 0 radical (unpaired) electrons. The van der Waals surface area contributed by atoms with E-state index in [4.69, 9.17) is 4.74 Å².